The summed E-state index contributed by atoms with van der Waals surface area (Å²) in [7, 11) is 0. The van der Waals surface area contributed by atoms with E-state index < -0.39 is 17.8 Å². The van der Waals surface area contributed by atoms with Crippen LogP contribution < -0.4 is 20.3 Å². The molecule has 0 spiro atoms. The first kappa shape index (κ1) is 28.3. The lowest BCUT2D eigenvalue weighted by Crippen LogP contribution is -2.54. The Balaban J connectivity index is 1.05. The number of para-hydroxylation sites is 1. The third-order valence-electron chi connectivity index (χ3n) is 9.56. The molecule has 5 aliphatic rings. The van der Waals surface area contributed by atoms with E-state index in [4.69, 9.17) is 16.3 Å². The zero-order valence-electron chi connectivity index (χ0n) is 24.1. The molecule has 224 valence electrons. The minimum Gasteiger partial charge on any atom is -0.482 e. The highest BCUT2D eigenvalue weighted by atomic mass is 35.5. The van der Waals surface area contributed by atoms with Crippen molar-refractivity contribution >= 4 is 52.8 Å². The van der Waals surface area contributed by atoms with E-state index in [1.165, 1.54) is 56.2 Å². The fraction of sp³-hybridized carbons (Fsp3) is 0.314. The quantitative estimate of drug-likeness (QED) is 0.235. The van der Waals surface area contributed by atoms with Crippen LogP contribution in [0.15, 0.2) is 78.4 Å². The number of nitrogens with one attached hydrogen (secondary N) is 2. The molecule has 0 aromatic heterocycles. The van der Waals surface area contributed by atoms with Crippen molar-refractivity contribution in [3.63, 3.8) is 0 Å². The maximum absolute atomic E-state index is 13.5. The third kappa shape index (κ3) is 5.39. The van der Waals surface area contributed by atoms with Gasteiger partial charge in [0.15, 0.2) is 6.61 Å². The Bertz CT molecular complexity index is 1650. The average molecular weight is 610 g/mol. The Morgan fingerprint density at radius 3 is 2.23 bits per heavy atom. The molecule has 0 unspecified atom stereocenters. The Morgan fingerprint density at radius 2 is 1.59 bits per heavy atom. The fourth-order valence-electron chi connectivity index (χ4n) is 8.07. The van der Waals surface area contributed by atoms with Gasteiger partial charge < -0.3 is 10.1 Å². The van der Waals surface area contributed by atoms with E-state index in [2.05, 4.69) is 22.8 Å². The Morgan fingerprint density at radius 1 is 0.932 bits per heavy atom. The number of barbiturate groups is 1. The maximum atomic E-state index is 13.5. The largest absolute Gasteiger partial charge is 0.482 e. The topological polar surface area (TPSA) is 105 Å². The van der Waals surface area contributed by atoms with E-state index in [9.17, 15) is 19.2 Å². The summed E-state index contributed by atoms with van der Waals surface area (Å²) in [5, 5.41) is 5.21. The van der Waals surface area contributed by atoms with Gasteiger partial charge in [0.25, 0.3) is 17.7 Å². The van der Waals surface area contributed by atoms with Gasteiger partial charge in [0.2, 0.25) is 0 Å². The molecule has 3 aromatic carbocycles. The second-order valence-corrected chi connectivity index (χ2v) is 13.0. The molecule has 4 saturated carbocycles. The first-order chi connectivity index (χ1) is 21.3. The molecule has 1 saturated heterocycles. The monoisotopic (exact) mass is 609 g/mol. The normalized spacial score (nSPS) is 26.6. The molecule has 2 N–H and O–H groups in total. The predicted molar refractivity (Wildman–Crippen MR) is 167 cm³/mol. The standard InChI is InChI=1S/C35H32ClN3O5/c36-29-16-21(6-11-30(29)44-20-31(40)37-26-4-2-1-3-5-26)15-28-32(41)38-34(43)39(33(28)42)27-9-7-25(8-10-27)35-17-22-12-23(18-35)14-24(13-22)19-35/h1-11,15-16,22-24H,12-14,17-20H2,(H,37,40)(H,38,41,43)/b28-15+. The number of imide groups is 2. The molecule has 5 amide bonds. The maximum Gasteiger partial charge on any atom is 0.335 e. The van der Waals surface area contributed by atoms with Crippen LogP contribution in [0.25, 0.3) is 6.08 Å². The predicted octanol–water partition coefficient (Wildman–Crippen LogP) is 6.49. The van der Waals surface area contributed by atoms with Crippen LogP contribution in [0.2, 0.25) is 5.02 Å². The van der Waals surface area contributed by atoms with E-state index in [0.29, 0.717) is 16.9 Å². The van der Waals surface area contributed by atoms with Crippen molar-refractivity contribution in [3.8, 4) is 5.75 Å². The summed E-state index contributed by atoms with van der Waals surface area (Å²) in [4.78, 5) is 52.3. The Kier molecular flexibility index (Phi) is 7.25. The number of rotatable bonds is 7. The van der Waals surface area contributed by atoms with Crippen LogP contribution in [0.5, 0.6) is 5.75 Å². The van der Waals surface area contributed by atoms with Crippen LogP contribution >= 0.6 is 11.6 Å². The Labute approximate surface area is 260 Å². The molecule has 8 rings (SSSR count). The lowest BCUT2D eigenvalue weighted by molar-refractivity contribution is -0.122. The molecule has 0 atom stereocenters. The molecule has 4 bridgehead atoms. The average Bonchev–Trinajstić information content (AvgIpc) is 2.99. The van der Waals surface area contributed by atoms with E-state index in [-0.39, 0.29) is 34.3 Å². The summed E-state index contributed by atoms with van der Waals surface area (Å²) in [6.07, 6.45) is 9.11. The number of amides is 5. The number of benzene rings is 3. The number of carbonyl (C=O) groups excluding carboxylic acids is 4. The fourth-order valence-corrected chi connectivity index (χ4v) is 8.32. The van der Waals surface area contributed by atoms with Crippen LogP contribution in [0, 0.1) is 17.8 Å². The highest BCUT2D eigenvalue weighted by Gasteiger charge is 2.51. The number of urea groups is 1. The van der Waals surface area contributed by atoms with Crippen LogP contribution in [-0.4, -0.2) is 30.4 Å². The Hall–Kier alpha value is -4.43. The number of carbonyl (C=O) groups is 4. The molecule has 5 fully saturated rings. The molecule has 44 heavy (non-hydrogen) atoms. The SMILES string of the molecule is O=C(COc1ccc(/C=C2\C(=O)NC(=O)N(c3ccc(C45CC6CC(CC(C6)C4)C5)cc3)C2=O)cc1Cl)Nc1ccccc1. The van der Waals surface area contributed by atoms with E-state index >= 15 is 0 Å². The minimum atomic E-state index is -0.782. The van der Waals surface area contributed by atoms with Crippen molar-refractivity contribution < 1.29 is 23.9 Å². The number of hydrogen-bond acceptors (Lipinski definition) is 5. The first-order valence-electron chi connectivity index (χ1n) is 15.1. The van der Waals surface area contributed by atoms with Crippen molar-refractivity contribution in [1.82, 2.24) is 5.32 Å². The number of halogens is 1. The summed E-state index contributed by atoms with van der Waals surface area (Å²) in [6, 6.07) is 20.7. The number of ether oxygens (including phenoxy) is 1. The molecule has 4 aliphatic carbocycles. The second-order valence-electron chi connectivity index (χ2n) is 12.6. The van der Waals surface area contributed by atoms with Crippen molar-refractivity contribution in [2.75, 3.05) is 16.8 Å². The summed E-state index contributed by atoms with van der Waals surface area (Å²) < 4.78 is 5.57. The third-order valence-corrected chi connectivity index (χ3v) is 9.86. The van der Waals surface area contributed by atoms with Crippen LogP contribution in [-0.2, 0) is 19.8 Å². The number of nitrogens with zero attached hydrogens (tertiary/aromatic N) is 1. The van der Waals surface area contributed by atoms with Gasteiger partial charge in [0.05, 0.1) is 10.7 Å². The summed E-state index contributed by atoms with van der Waals surface area (Å²) in [6.45, 7) is -0.255. The van der Waals surface area contributed by atoms with Gasteiger partial charge in [0.1, 0.15) is 11.3 Å². The van der Waals surface area contributed by atoms with Gasteiger partial charge in [-0.2, -0.15) is 0 Å². The highest BCUT2D eigenvalue weighted by Crippen LogP contribution is 2.60. The van der Waals surface area contributed by atoms with Crippen molar-refractivity contribution in [2.24, 2.45) is 17.8 Å². The van der Waals surface area contributed by atoms with Gasteiger partial charge in [-0.05, 0) is 115 Å². The van der Waals surface area contributed by atoms with Crippen LogP contribution in [0.4, 0.5) is 16.2 Å². The van der Waals surface area contributed by atoms with Crippen molar-refractivity contribution in [2.45, 2.75) is 43.9 Å². The number of anilines is 2. The molecule has 1 heterocycles. The molecule has 0 radical (unpaired) electrons. The van der Waals surface area contributed by atoms with E-state index in [1.54, 1.807) is 24.3 Å². The minimum absolute atomic E-state index is 0.193. The van der Waals surface area contributed by atoms with Crippen molar-refractivity contribution in [1.29, 1.82) is 0 Å². The van der Waals surface area contributed by atoms with Crippen molar-refractivity contribution in [3.05, 3.63) is 94.5 Å². The highest BCUT2D eigenvalue weighted by molar-refractivity contribution is 6.39. The van der Waals surface area contributed by atoms with E-state index in [1.807, 2.05) is 30.3 Å². The lowest BCUT2D eigenvalue weighted by Gasteiger charge is -2.57. The summed E-state index contributed by atoms with van der Waals surface area (Å²) >= 11 is 6.40. The van der Waals surface area contributed by atoms with Crippen LogP contribution in [0.1, 0.15) is 49.7 Å². The number of hydrogen-bond donors (Lipinski definition) is 2. The zero-order chi connectivity index (χ0) is 30.4. The second kappa shape index (κ2) is 11.2. The van der Waals surface area contributed by atoms with Gasteiger partial charge in [-0.15, -0.1) is 0 Å². The molecule has 3 aromatic rings. The summed E-state index contributed by atoms with van der Waals surface area (Å²) in [5.41, 5.74) is 2.81. The van der Waals surface area contributed by atoms with Gasteiger partial charge in [-0.3, -0.25) is 19.7 Å². The molecule has 9 heteroatoms. The first-order valence-corrected chi connectivity index (χ1v) is 15.4. The molecular weight excluding hydrogens is 578 g/mol. The van der Waals surface area contributed by atoms with Gasteiger partial charge in [0, 0.05) is 5.69 Å². The smallest absolute Gasteiger partial charge is 0.335 e. The molecular formula is C35H32ClN3O5. The van der Waals surface area contributed by atoms with Gasteiger partial charge in [-0.1, -0.05) is 48.0 Å². The molecule has 1 aliphatic heterocycles. The van der Waals surface area contributed by atoms with Gasteiger partial charge >= 0.3 is 6.03 Å². The van der Waals surface area contributed by atoms with E-state index in [0.717, 1.165) is 22.7 Å². The zero-order valence-corrected chi connectivity index (χ0v) is 24.8. The lowest BCUT2D eigenvalue weighted by atomic mass is 9.48. The molecule has 8 nitrogen and oxygen atoms in total. The van der Waals surface area contributed by atoms with Gasteiger partial charge in [-0.25, -0.2) is 9.69 Å². The summed E-state index contributed by atoms with van der Waals surface area (Å²) in [5.74, 6) is 0.851. The van der Waals surface area contributed by atoms with Crippen LogP contribution in [0.3, 0.4) is 0 Å².